The van der Waals surface area contributed by atoms with E-state index >= 15 is 0 Å². The molecule has 22 heavy (non-hydrogen) atoms. The third kappa shape index (κ3) is 4.49. The van der Waals surface area contributed by atoms with E-state index in [1.54, 1.807) is 0 Å². The third-order valence-corrected chi connectivity index (χ3v) is 4.59. The van der Waals surface area contributed by atoms with Crippen molar-refractivity contribution in [3.63, 3.8) is 0 Å². The summed E-state index contributed by atoms with van der Waals surface area (Å²) in [5, 5.41) is 11.0. The molecule has 2 unspecified atom stereocenters. The van der Waals surface area contributed by atoms with Gasteiger partial charge in [0.25, 0.3) is 0 Å². The Morgan fingerprint density at radius 2 is 1.91 bits per heavy atom. The topological polar surface area (TPSA) is 62.5 Å². The molecule has 2 atom stereocenters. The summed E-state index contributed by atoms with van der Waals surface area (Å²) < 4.78 is 5.20. The highest BCUT2D eigenvalue weighted by Crippen LogP contribution is 2.28. The van der Waals surface area contributed by atoms with Gasteiger partial charge < -0.3 is 15.2 Å². The summed E-state index contributed by atoms with van der Waals surface area (Å²) in [5.41, 5.74) is 2.18. The summed E-state index contributed by atoms with van der Waals surface area (Å²) in [6, 6.07) is 0.531. The predicted octanol–water partition coefficient (Wildman–Crippen LogP) is 2.82. The van der Waals surface area contributed by atoms with Crippen molar-refractivity contribution in [3.8, 4) is 0 Å². The number of rotatable bonds is 4. The molecule has 0 amide bonds. The van der Waals surface area contributed by atoms with E-state index < -0.39 is 0 Å². The fourth-order valence-corrected chi connectivity index (χ4v) is 3.62. The molecule has 1 heterocycles. The molecule has 1 aromatic rings. The summed E-state index contributed by atoms with van der Waals surface area (Å²) >= 11 is 0. The van der Waals surface area contributed by atoms with E-state index in [9.17, 15) is 0 Å². The fourth-order valence-electron chi connectivity index (χ4n) is 3.62. The highest BCUT2D eigenvalue weighted by atomic mass is 16.5. The van der Waals surface area contributed by atoms with Crippen molar-refractivity contribution in [3.05, 3.63) is 17.0 Å². The molecule has 2 rings (SSSR count). The van der Waals surface area contributed by atoms with Gasteiger partial charge in [-0.2, -0.15) is 0 Å². The van der Waals surface area contributed by atoms with Crippen LogP contribution in [0.3, 0.4) is 0 Å². The number of aromatic nitrogens is 1. The quantitative estimate of drug-likeness (QED) is 0.663. The molecule has 0 aromatic carbocycles. The summed E-state index contributed by atoms with van der Waals surface area (Å²) in [5.74, 6) is 3.40. The third-order valence-electron chi connectivity index (χ3n) is 4.59. The lowest BCUT2D eigenvalue weighted by atomic mass is 9.80. The molecular weight excluding hydrogens is 276 g/mol. The minimum atomic E-state index is 0.531. The lowest BCUT2D eigenvalue weighted by Crippen LogP contribution is -2.46. The van der Waals surface area contributed by atoms with Gasteiger partial charge in [-0.15, -0.1) is 0 Å². The molecule has 0 aliphatic heterocycles. The van der Waals surface area contributed by atoms with Gasteiger partial charge in [0.15, 0.2) is 5.96 Å². The Bertz CT molecular complexity index is 479. The van der Waals surface area contributed by atoms with E-state index in [0.29, 0.717) is 6.04 Å². The van der Waals surface area contributed by atoms with E-state index in [0.717, 1.165) is 42.2 Å². The lowest BCUT2D eigenvalue weighted by molar-refractivity contribution is 0.255. The van der Waals surface area contributed by atoms with Gasteiger partial charge in [0.2, 0.25) is 0 Å². The summed E-state index contributed by atoms with van der Waals surface area (Å²) in [4.78, 5) is 4.35. The highest BCUT2D eigenvalue weighted by Gasteiger charge is 2.24. The standard InChI is InChI=1S/C17H30N4O/c1-11-8-12(2)10-15(9-11)20-17(18-5)19-7-6-16-13(3)21-22-14(16)4/h11-12,15H,6-10H2,1-5H3,(H2,18,19,20). The predicted molar refractivity (Wildman–Crippen MR) is 90.1 cm³/mol. The van der Waals surface area contributed by atoms with Crippen LogP contribution in [0.5, 0.6) is 0 Å². The summed E-state index contributed by atoms with van der Waals surface area (Å²) in [7, 11) is 1.83. The van der Waals surface area contributed by atoms with Gasteiger partial charge >= 0.3 is 0 Å². The second kappa shape index (κ2) is 7.65. The van der Waals surface area contributed by atoms with Gasteiger partial charge in [-0.25, -0.2) is 0 Å². The minimum Gasteiger partial charge on any atom is -0.361 e. The van der Waals surface area contributed by atoms with Crippen molar-refractivity contribution in [1.29, 1.82) is 0 Å². The largest absolute Gasteiger partial charge is 0.361 e. The fraction of sp³-hybridized carbons (Fsp3) is 0.765. The van der Waals surface area contributed by atoms with E-state index in [2.05, 4.69) is 34.6 Å². The number of nitrogens with one attached hydrogen (secondary N) is 2. The van der Waals surface area contributed by atoms with Crippen molar-refractivity contribution < 1.29 is 4.52 Å². The number of nitrogens with zero attached hydrogens (tertiary/aromatic N) is 2. The lowest BCUT2D eigenvalue weighted by Gasteiger charge is -2.32. The van der Waals surface area contributed by atoms with Crippen molar-refractivity contribution in [1.82, 2.24) is 15.8 Å². The zero-order valence-electron chi connectivity index (χ0n) is 14.6. The molecule has 124 valence electrons. The molecule has 1 aliphatic carbocycles. The van der Waals surface area contributed by atoms with Crippen LogP contribution in [0, 0.1) is 25.7 Å². The second-order valence-electron chi connectivity index (χ2n) is 6.81. The maximum Gasteiger partial charge on any atom is 0.191 e. The molecule has 5 nitrogen and oxygen atoms in total. The number of aryl methyl sites for hydroxylation is 2. The van der Waals surface area contributed by atoms with Gasteiger partial charge in [0.05, 0.1) is 5.69 Å². The normalized spacial score (nSPS) is 26.0. The van der Waals surface area contributed by atoms with Crippen molar-refractivity contribution in [2.24, 2.45) is 16.8 Å². The Hall–Kier alpha value is -1.52. The van der Waals surface area contributed by atoms with Crippen LogP contribution in [0.2, 0.25) is 0 Å². The number of hydrogen-bond donors (Lipinski definition) is 2. The van der Waals surface area contributed by atoms with Gasteiger partial charge in [-0.05, 0) is 51.4 Å². The molecule has 1 fully saturated rings. The summed E-state index contributed by atoms with van der Waals surface area (Å²) in [6.07, 6.45) is 4.71. The van der Waals surface area contributed by atoms with Gasteiger partial charge in [-0.3, -0.25) is 4.99 Å². The summed E-state index contributed by atoms with van der Waals surface area (Å²) in [6.45, 7) is 9.48. The van der Waals surface area contributed by atoms with Gasteiger partial charge in [0, 0.05) is 25.2 Å². The molecule has 2 N–H and O–H groups in total. The van der Waals surface area contributed by atoms with Crippen LogP contribution in [0.15, 0.2) is 9.52 Å². The average molecular weight is 306 g/mol. The second-order valence-corrected chi connectivity index (χ2v) is 6.81. The van der Waals surface area contributed by atoms with Crippen LogP contribution < -0.4 is 10.6 Å². The average Bonchev–Trinajstić information content (AvgIpc) is 2.76. The number of hydrogen-bond acceptors (Lipinski definition) is 3. The molecule has 0 saturated heterocycles. The van der Waals surface area contributed by atoms with Crippen molar-refractivity contribution in [2.75, 3.05) is 13.6 Å². The monoisotopic (exact) mass is 306 g/mol. The molecule has 1 saturated carbocycles. The molecule has 5 heteroatoms. The molecule has 1 aromatic heterocycles. The van der Waals surface area contributed by atoms with E-state index in [1.807, 2.05) is 20.9 Å². The Kier molecular flexibility index (Phi) is 5.86. The first-order chi connectivity index (χ1) is 10.5. The number of aliphatic imine (C=N–C) groups is 1. The van der Waals surface area contributed by atoms with Crippen molar-refractivity contribution in [2.45, 2.75) is 59.4 Å². The molecular formula is C17H30N4O. The van der Waals surface area contributed by atoms with E-state index in [1.165, 1.54) is 24.8 Å². The maximum atomic E-state index is 5.20. The minimum absolute atomic E-state index is 0.531. The molecule has 0 spiro atoms. The van der Waals surface area contributed by atoms with E-state index in [-0.39, 0.29) is 0 Å². The first-order valence-corrected chi connectivity index (χ1v) is 8.38. The molecule has 0 bridgehead atoms. The molecule has 0 radical (unpaired) electrons. The smallest absolute Gasteiger partial charge is 0.191 e. The maximum absolute atomic E-state index is 5.20. The van der Waals surface area contributed by atoms with Gasteiger partial charge in [-0.1, -0.05) is 19.0 Å². The zero-order valence-corrected chi connectivity index (χ0v) is 14.6. The van der Waals surface area contributed by atoms with Crippen LogP contribution in [0.1, 0.15) is 50.1 Å². The Labute approximate surface area is 133 Å². The number of guanidine groups is 1. The Morgan fingerprint density at radius 3 is 2.45 bits per heavy atom. The Morgan fingerprint density at radius 1 is 1.23 bits per heavy atom. The van der Waals surface area contributed by atoms with E-state index in [4.69, 9.17) is 4.52 Å². The Balaban J connectivity index is 1.80. The first kappa shape index (κ1) is 16.8. The SMILES string of the molecule is CN=C(NCCc1c(C)noc1C)NC1CC(C)CC(C)C1. The van der Waals surface area contributed by atoms with Crippen LogP contribution in [0.25, 0.3) is 0 Å². The van der Waals surface area contributed by atoms with Crippen LogP contribution >= 0.6 is 0 Å². The highest BCUT2D eigenvalue weighted by molar-refractivity contribution is 5.79. The van der Waals surface area contributed by atoms with Crippen LogP contribution in [-0.2, 0) is 6.42 Å². The van der Waals surface area contributed by atoms with Gasteiger partial charge in [0.1, 0.15) is 5.76 Å². The van der Waals surface area contributed by atoms with Crippen LogP contribution in [0.4, 0.5) is 0 Å². The van der Waals surface area contributed by atoms with Crippen LogP contribution in [-0.4, -0.2) is 30.8 Å². The first-order valence-electron chi connectivity index (χ1n) is 8.38. The molecule has 1 aliphatic rings. The van der Waals surface area contributed by atoms with Crippen molar-refractivity contribution >= 4 is 5.96 Å². The zero-order chi connectivity index (χ0) is 16.1.